The summed E-state index contributed by atoms with van der Waals surface area (Å²) in [5.74, 6) is 2.07. The van der Waals surface area contributed by atoms with Gasteiger partial charge in [0.25, 0.3) is 5.91 Å². The molecule has 0 aliphatic carbocycles. The van der Waals surface area contributed by atoms with Crippen LogP contribution in [0.3, 0.4) is 0 Å². The summed E-state index contributed by atoms with van der Waals surface area (Å²) in [7, 11) is 0. The molecule has 9 heteroatoms. The molecule has 7 nitrogen and oxygen atoms in total. The van der Waals surface area contributed by atoms with E-state index in [0.29, 0.717) is 59.9 Å². The number of aromatic nitrogens is 2. The minimum atomic E-state index is -0.471. The van der Waals surface area contributed by atoms with Crippen LogP contribution in [0.5, 0.6) is 0 Å². The van der Waals surface area contributed by atoms with Crippen molar-refractivity contribution in [3.63, 3.8) is 0 Å². The lowest BCUT2D eigenvalue weighted by Gasteiger charge is -2.41. The molecule has 2 aromatic heterocycles. The summed E-state index contributed by atoms with van der Waals surface area (Å²) in [5.41, 5.74) is 2.16. The quantitative estimate of drug-likeness (QED) is 0.151. The van der Waals surface area contributed by atoms with Crippen molar-refractivity contribution in [2.75, 3.05) is 18.0 Å². The van der Waals surface area contributed by atoms with E-state index in [-0.39, 0.29) is 11.7 Å². The average Bonchev–Trinajstić information content (AvgIpc) is 3.49. The van der Waals surface area contributed by atoms with E-state index in [0.717, 1.165) is 16.9 Å². The van der Waals surface area contributed by atoms with Gasteiger partial charge in [-0.15, -0.1) is 0 Å². The molecule has 4 aromatic rings. The first-order valence-electron chi connectivity index (χ1n) is 12.8. The average molecular weight is 561 g/mol. The monoisotopic (exact) mass is 560 g/mol. The Kier molecular flexibility index (Phi) is 8.33. The van der Waals surface area contributed by atoms with Crippen LogP contribution in [0.25, 0.3) is 0 Å². The molecule has 39 heavy (non-hydrogen) atoms. The van der Waals surface area contributed by atoms with Gasteiger partial charge in [0.15, 0.2) is 5.16 Å². The number of amides is 1. The third-order valence-electron chi connectivity index (χ3n) is 7.16. The first-order valence-corrected chi connectivity index (χ1v) is 14.2. The fourth-order valence-corrected chi connectivity index (χ4v) is 5.99. The molecule has 1 aliphatic heterocycles. The maximum Gasteiger partial charge on any atom is 0.251 e. The Bertz CT molecular complexity index is 1440. The zero-order chi connectivity index (χ0) is 27.2. The van der Waals surface area contributed by atoms with Crippen LogP contribution < -0.4 is 10.2 Å². The molecule has 2 aromatic carbocycles. The highest BCUT2D eigenvalue weighted by atomic mass is 35.5. The highest BCUT2D eigenvalue weighted by Crippen LogP contribution is 2.38. The maximum absolute atomic E-state index is 12.8. The number of furan rings is 1. The Hall–Kier alpha value is -3.62. The predicted octanol–water partition coefficient (Wildman–Crippen LogP) is 6.07. The van der Waals surface area contributed by atoms with Gasteiger partial charge < -0.3 is 14.6 Å². The van der Waals surface area contributed by atoms with Crippen LogP contribution in [0.1, 0.15) is 47.0 Å². The van der Waals surface area contributed by atoms with Gasteiger partial charge >= 0.3 is 0 Å². The van der Waals surface area contributed by atoms with Crippen molar-refractivity contribution in [3.8, 4) is 0 Å². The van der Waals surface area contributed by atoms with Crippen molar-refractivity contribution in [1.82, 2.24) is 15.3 Å². The number of benzene rings is 2. The van der Waals surface area contributed by atoms with Gasteiger partial charge in [-0.25, -0.2) is 9.97 Å². The van der Waals surface area contributed by atoms with E-state index in [1.54, 1.807) is 31.4 Å². The number of nitrogens with one attached hydrogen (secondary N) is 1. The van der Waals surface area contributed by atoms with Gasteiger partial charge in [0.2, 0.25) is 0 Å². The Morgan fingerprint density at radius 2 is 1.82 bits per heavy atom. The summed E-state index contributed by atoms with van der Waals surface area (Å²) in [5, 5.41) is 3.81. The second-order valence-electron chi connectivity index (χ2n) is 9.57. The smallest absolute Gasteiger partial charge is 0.251 e. The van der Waals surface area contributed by atoms with Crippen LogP contribution in [0, 0.1) is 0 Å². The Morgan fingerprint density at radius 1 is 1.03 bits per heavy atom. The number of ketones is 1. The number of thioether (sulfide) groups is 1. The summed E-state index contributed by atoms with van der Waals surface area (Å²) < 4.78 is 5.27. The molecule has 0 atom stereocenters. The van der Waals surface area contributed by atoms with Crippen LogP contribution in [0.2, 0.25) is 5.15 Å². The van der Waals surface area contributed by atoms with Gasteiger partial charge in [-0.05, 0) is 55.2 Å². The topological polar surface area (TPSA) is 88.3 Å². The number of piperidine rings is 1. The van der Waals surface area contributed by atoms with Crippen LogP contribution in [-0.4, -0.2) is 34.7 Å². The van der Waals surface area contributed by atoms with E-state index < -0.39 is 5.41 Å². The number of hydrogen-bond donors (Lipinski definition) is 1. The standard InChI is InChI=1S/C30H29ClN4O3S/c1-21(36)30(24-9-3-2-4-10-24)12-14-35(15-13-30)27-18-26(31)33-29(34-27)39-20-22-7-5-8-23(17-22)28(37)32-19-25-11-6-16-38-25/h2-11,16-18H,12-15,19-20H2,1H3,(H,32,37). The van der Waals surface area contributed by atoms with Crippen molar-refractivity contribution >= 4 is 40.9 Å². The van der Waals surface area contributed by atoms with Gasteiger partial charge in [0.05, 0.1) is 18.2 Å². The van der Waals surface area contributed by atoms with Crippen LogP contribution >= 0.6 is 23.4 Å². The zero-order valence-corrected chi connectivity index (χ0v) is 23.2. The number of carbonyl (C=O) groups excluding carboxylic acids is 2. The molecule has 5 rings (SSSR count). The van der Waals surface area contributed by atoms with Crippen molar-refractivity contribution < 1.29 is 14.0 Å². The molecule has 3 heterocycles. The SMILES string of the molecule is CC(=O)C1(c2ccccc2)CCN(c2cc(Cl)nc(SCc3cccc(C(=O)NCc4ccco4)c3)n2)CC1. The van der Waals surface area contributed by atoms with Crippen molar-refractivity contribution in [1.29, 1.82) is 0 Å². The molecule has 0 spiro atoms. The largest absolute Gasteiger partial charge is 0.467 e. The molecular weight excluding hydrogens is 532 g/mol. The van der Waals surface area contributed by atoms with Gasteiger partial charge in [-0.3, -0.25) is 9.59 Å². The van der Waals surface area contributed by atoms with Crippen molar-refractivity contribution in [2.45, 2.75) is 42.6 Å². The molecule has 1 saturated heterocycles. The number of halogens is 1. The lowest BCUT2D eigenvalue weighted by molar-refractivity contribution is -0.123. The molecule has 0 saturated carbocycles. The normalized spacial score (nSPS) is 14.7. The van der Waals surface area contributed by atoms with Gasteiger partial charge in [-0.2, -0.15) is 0 Å². The molecule has 1 fully saturated rings. The lowest BCUT2D eigenvalue weighted by atomic mass is 9.70. The van der Waals surface area contributed by atoms with Gasteiger partial charge in [-0.1, -0.05) is 65.8 Å². The van der Waals surface area contributed by atoms with Crippen molar-refractivity contribution in [2.24, 2.45) is 0 Å². The maximum atomic E-state index is 12.8. The summed E-state index contributed by atoms with van der Waals surface area (Å²) >= 11 is 7.86. The number of Topliss-reactive ketones (excluding diaryl/α,β-unsaturated/α-hetero) is 1. The molecular formula is C30H29ClN4O3S. The number of hydrogen-bond acceptors (Lipinski definition) is 7. The minimum Gasteiger partial charge on any atom is -0.467 e. The van der Waals surface area contributed by atoms with E-state index in [4.69, 9.17) is 21.0 Å². The van der Waals surface area contributed by atoms with E-state index in [1.165, 1.54) is 11.8 Å². The number of nitrogens with zero attached hydrogens (tertiary/aromatic N) is 3. The third-order valence-corrected chi connectivity index (χ3v) is 8.27. The van der Waals surface area contributed by atoms with Crippen LogP contribution in [0.4, 0.5) is 5.82 Å². The second-order valence-corrected chi connectivity index (χ2v) is 10.9. The van der Waals surface area contributed by atoms with Gasteiger partial charge in [0.1, 0.15) is 22.5 Å². The summed E-state index contributed by atoms with van der Waals surface area (Å²) in [6, 6.07) is 22.9. The molecule has 0 unspecified atom stereocenters. The highest BCUT2D eigenvalue weighted by Gasteiger charge is 2.40. The predicted molar refractivity (Wildman–Crippen MR) is 153 cm³/mol. The first-order chi connectivity index (χ1) is 18.9. The summed E-state index contributed by atoms with van der Waals surface area (Å²) in [6.45, 7) is 3.41. The van der Waals surface area contributed by atoms with Crippen LogP contribution in [0.15, 0.2) is 88.6 Å². The molecule has 0 bridgehead atoms. The third kappa shape index (κ3) is 6.34. The fourth-order valence-electron chi connectivity index (χ4n) is 4.96. The molecule has 1 N–H and O–H groups in total. The summed E-state index contributed by atoms with van der Waals surface area (Å²) in [6.07, 6.45) is 3.01. The number of rotatable bonds is 9. The van der Waals surface area contributed by atoms with E-state index in [2.05, 4.69) is 15.2 Å². The van der Waals surface area contributed by atoms with E-state index in [9.17, 15) is 9.59 Å². The van der Waals surface area contributed by atoms with E-state index in [1.807, 2.05) is 54.6 Å². The lowest BCUT2D eigenvalue weighted by Crippen LogP contribution is -2.47. The minimum absolute atomic E-state index is 0.165. The molecule has 1 amide bonds. The first kappa shape index (κ1) is 27.0. The zero-order valence-electron chi connectivity index (χ0n) is 21.6. The number of carbonyl (C=O) groups is 2. The number of anilines is 1. The molecule has 1 aliphatic rings. The second kappa shape index (κ2) is 12.1. The van der Waals surface area contributed by atoms with Crippen molar-refractivity contribution in [3.05, 3.63) is 107 Å². The molecule has 0 radical (unpaired) electrons. The fraction of sp³-hybridized carbons (Fsp3) is 0.267. The highest BCUT2D eigenvalue weighted by molar-refractivity contribution is 7.98. The molecule has 200 valence electrons. The Balaban J connectivity index is 1.23. The van der Waals surface area contributed by atoms with Gasteiger partial charge in [0, 0.05) is 30.5 Å². The van der Waals surface area contributed by atoms with E-state index >= 15 is 0 Å². The Morgan fingerprint density at radius 3 is 2.54 bits per heavy atom. The van der Waals surface area contributed by atoms with Crippen LogP contribution in [-0.2, 0) is 22.5 Å². The Labute approximate surface area is 237 Å². The summed E-state index contributed by atoms with van der Waals surface area (Å²) in [4.78, 5) is 36.7.